The van der Waals surface area contributed by atoms with Crippen LogP contribution in [0, 0.1) is 0 Å². The number of ether oxygens (including phenoxy) is 2. The lowest BCUT2D eigenvalue weighted by molar-refractivity contribution is 0.217. The highest BCUT2D eigenvalue weighted by Crippen LogP contribution is 2.26. The van der Waals surface area contributed by atoms with Crippen molar-refractivity contribution in [3.05, 3.63) is 29.8 Å². The van der Waals surface area contributed by atoms with Gasteiger partial charge in [-0.1, -0.05) is 25.1 Å². The molecule has 0 aliphatic rings. The molecule has 0 amide bonds. The molecule has 0 aliphatic heterocycles. The van der Waals surface area contributed by atoms with E-state index in [4.69, 9.17) is 9.47 Å². The van der Waals surface area contributed by atoms with Crippen LogP contribution < -0.4 is 10.1 Å². The normalized spacial score (nSPS) is 13.1. The number of sulfone groups is 1. The summed E-state index contributed by atoms with van der Waals surface area (Å²) in [4.78, 5) is 0. The summed E-state index contributed by atoms with van der Waals surface area (Å²) in [5.74, 6) is 0.795. The van der Waals surface area contributed by atoms with E-state index in [1.165, 1.54) is 7.11 Å². The predicted molar refractivity (Wildman–Crippen MR) is 84.6 cm³/mol. The third-order valence-electron chi connectivity index (χ3n) is 3.06. The quantitative estimate of drug-likeness (QED) is 0.713. The fourth-order valence-electron chi connectivity index (χ4n) is 2.11. The molecule has 0 spiro atoms. The highest BCUT2D eigenvalue weighted by molar-refractivity contribution is 7.91. The molecule has 21 heavy (non-hydrogen) atoms. The van der Waals surface area contributed by atoms with Gasteiger partial charge >= 0.3 is 0 Å². The van der Waals surface area contributed by atoms with Crippen LogP contribution >= 0.6 is 0 Å². The van der Waals surface area contributed by atoms with Crippen LogP contribution in [0.1, 0.15) is 25.5 Å². The van der Waals surface area contributed by atoms with Crippen LogP contribution in [0.25, 0.3) is 0 Å². The lowest BCUT2D eigenvalue weighted by atomic mass is 10.1. The fourth-order valence-corrected chi connectivity index (χ4v) is 3.50. The van der Waals surface area contributed by atoms with Gasteiger partial charge < -0.3 is 14.8 Å². The molecule has 0 heterocycles. The standard InChI is InChI=1S/C15H25NO4S/c1-4-16-14(12-21(17,18)11-10-19-3)13-8-6-7-9-15(13)20-5-2/h6-9,14,16H,4-5,10-12H2,1-3H3. The topological polar surface area (TPSA) is 64.6 Å². The van der Waals surface area contributed by atoms with Crippen LogP contribution in [0.3, 0.4) is 0 Å². The van der Waals surface area contributed by atoms with Crippen molar-refractivity contribution < 1.29 is 17.9 Å². The summed E-state index contributed by atoms with van der Waals surface area (Å²) < 4.78 is 34.8. The van der Waals surface area contributed by atoms with Crippen LogP contribution in [0.2, 0.25) is 0 Å². The summed E-state index contributed by atoms with van der Waals surface area (Å²) in [5, 5.41) is 3.23. The van der Waals surface area contributed by atoms with E-state index in [2.05, 4.69) is 5.32 Å². The SMILES string of the molecule is CCNC(CS(=O)(=O)CCOC)c1ccccc1OCC. The van der Waals surface area contributed by atoms with E-state index in [1.807, 2.05) is 38.1 Å². The predicted octanol–water partition coefficient (Wildman–Crippen LogP) is 1.80. The summed E-state index contributed by atoms with van der Waals surface area (Å²) in [6, 6.07) is 7.27. The van der Waals surface area contributed by atoms with Gasteiger partial charge in [0.2, 0.25) is 0 Å². The van der Waals surface area contributed by atoms with Gasteiger partial charge in [-0.25, -0.2) is 8.42 Å². The molecule has 1 atom stereocenters. The highest BCUT2D eigenvalue weighted by atomic mass is 32.2. The van der Waals surface area contributed by atoms with Crippen molar-refractivity contribution >= 4 is 9.84 Å². The third-order valence-corrected chi connectivity index (χ3v) is 4.69. The Morgan fingerprint density at radius 1 is 1.24 bits per heavy atom. The number of methoxy groups -OCH3 is 1. The Bertz CT molecular complexity index is 516. The summed E-state index contributed by atoms with van der Waals surface area (Å²) in [5.41, 5.74) is 0.877. The first-order valence-corrected chi connectivity index (χ1v) is 9.00. The summed E-state index contributed by atoms with van der Waals surface area (Å²) in [6.45, 7) is 5.32. The molecule has 0 aromatic heterocycles. The fraction of sp³-hybridized carbons (Fsp3) is 0.600. The van der Waals surface area contributed by atoms with E-state index in [-0.39, 0.29) is 24.2 Å². The third kappa shape index (κ3) is 6.03. The van der Waals surface area contributed by atoms with Gasteiger partial charge in [-0.3, -0.25) is 0 Å². The lowest BCUT2D eigenvalue weighted by Gasteiger charge is -2.21. The van der Waals surface area contributed by atoms with Crippen LogP contribution in [0.5, 0.6) is 5.75 Å². The second-order valence-corrected chi connectivity index (χ2v) is 6.92. The average molecular weight is 315 g/mol. The zero-order valence-electron chi connectivity index (χ0n) is 13.0. The molecule has 0 aliphatic carbocycles. The molecular weight excluding hydrogens is 290 g/mol. The highest BCUT2D eigenvalue weighted by Gasteiger charge is 2.22. The number of nitrogens with one attached hydrogen (secondary N) is 1. The van der Waals surface area contributed by atoms with Gasteiger partial charge in [0.25, 0.3) is 0 Å². The maximum absolute atomic E-state index is 12.2. The summed E-state index contributed by atoms with van der Waals surface area (Å²) >= 11 is 0. The molecular formula is C15H25NO4S. The van der Waals surface area contributed by atoms with Gasteiger partial charge in [-0.15, -0.1) is 0 Å². The van der Waals surface area contributed by atoms with Crippen LogP contribution in [0.15, 0.2) is 24.3 Å². The van der Waals surface area contributed by atoms with Crippen molar-refractivity contribution in [1.29, 1.82) is 0 Å². The Hall–Kier alpha value is -1.11. The monoisotopic (exact) mass is 315 g/mol. The molecule has 1 unspecified atom stereocenters. The summed E-state index contributed by atoms with van der Waals surface area (Å²) in [6.07, 6.45) is 0. The molecule has 1 aromatic carbocycles. The lowest BCUT2D eigenvalue weighted by Crippen LogP contribution is -2.30. The maximum atomic E-state index is 12.2. The Morgan fingerprint density at radius 2 is 1.95 bits per heavy atom. The Kier molecular flexibility index (Phi) is 7.71. The number of para-hydroxylation sites is 1. The first-order chi connectivity index (χ1) is 10.0. The van der Waals surface area contributed by atoms with E-state index < -0.39 is 9.84 Å². The Labute approximate surface area is 127 Å². The minimum atomic E-state index is -3.19. The number of hydrogen-bond donors (Lipinski definition) is 1. The molecule has 0 saturated heterocycles. The molecule has 0 saturated carbocycles. The van der Waals surface area contributed by atoms with Gasteiger partial charge in [0, 0.05) is 18.7 Å². The van der Waals surface area contributed by atoms with Crippen LogP contribution in [-0.2, 0) is 14.6 Å². The Balaban J connectivity index is 2.96. The van der Waals surface area contributed by atoms with Crippen molar-refractivity contribution in [3.8, 4) is 5.75 Å². The van der Waals surface area contributed by atoms with Gasteiger partial charge in [-0.2, -0.15) is 0 Å². The zero-order chi connectivity index (χ0) is 15.7. The van der Waals surface area contributed by atoms with Gasteiger partial charge in [-0.05, 0) is 19.5 Å². The second-order valence-electron chi connectivity index (χ2n) is 4.69. The molecule has 0 radical (unpaired) electrons. The maximum Gasteiger partial charge on any atom is 0.154 e. The van der Waals surface area contributed by atoms with Crippen molar-refractivity contribution in [1.82, 2.24) is 5.32 Å². The first kappa shape index (κ1) is 17.9. The molecule has 120 valence electrons. The van der Waals surface area contributed by atoms with Crippen molar-refractivity contribution in [3.63, 3.8) is 0 Å². The molecule has 6 heteroatoms. The van der Waals surface area contributed by atoms with Crippen LogP contribution in [-0.4, -0.2) is 46.8 Å². The zero-order valence-corrected chi connectivity index (χ0v) is 13.8. The minimum Gasteiger partial charge on any atom is -0.494 e. The smallest absolute Gasteiger partial charge is 0.154 e. The summed E-state index contributed by atoms with van der Waals surface area (Å²) in [7, 11) is -1.69. The van der Waals surface area contributed by atoms with E-state index in [1.54, 1.807) is 0 Å². The van der Waals surface area contributed by atoms with Crippen molar-refractivity contribution in [2.24, 2.45) is 0 Å². The molecule has 0 bridgehead atoms. The average Bonchev–Trinajstić information content (AvgIpc) is 2.45. The molecule has 1 rings (SSSR count). The van der Waals surface area contributed by atoms with E-state index in [0.717, 1.165) is 11.3 Å². The van der Waals surface area contributed by atoms with Gasteiger partial charge in [0.15, 0.2) is 9.84 Å². The number of rotatable bonds is 10. The van der Waals surface area contributed by atoms with E-state index in [9.17, 15) is 8.42 Å². The first-order valence-electron chi connectivity index (χ1n) is 7.18. The largest absolute Gasteiger partial charge is 0.494 e. The van der Waals surface area contributed by atoms with Crippen molar-refractivity contribution in [2.45, 2.75) is 19.9 Å². The Morgan fingerprint density at radius 3 is 2.57 bits per heavy atom. The minimum absolute atomic E-state index is 0.0300. The van der Waals surface area contributed by atoms with Crippen molar-refractivity contribution in [2.75, 3.05) is 38.4 Å². The molecule has 1 N–H and O–H groups in total. The van der Waals surface area contributed by atoms with E-state index >= 15 is 0 Å². The van der Waals surface area contributed by atoms with E-state index in [0.29, 0.717) is 13.2 Å². The molecule has 0 fully saturated rings. The van der Waals surface area contributed by atoms with Gasteiger partial charge in [0.1, 0.15) is 5.75 Å². The molecule has 1 aromatic rings. The van der Waals surface area contributed by atoms with Gasteiger partial charge in [0.05, 0.1) is 24.7 Å². The number of hydrogen-bond acceptors (Lipinski definition) is 5. The van der Waals surface area contributed by atoms with Crippen LogP contribution in [0.4, 0.5) is 0 Å². The number of benzene rings is 1. The second kappa shape index (κ2) is 9.02. The molecule has 5 nitrogen and oxygen atoms in total.